The van der Waals surface area contributed by atoms with Gasteiger partial charge in [-0.25, -0.2) is 0 Å². The Hall–Kier alpha value is -0.900. The van der Waals surface area contributed by atoms with Crippen molar-refractivity contribution in [1.29, 1.82) is 0 Å². The maximum atomic E-state index is 10.7. The lowest BCUT2D eigenvalue weighted by Gasteiger charge is -2.29. The largest absolute Gasteiger partial charge is 0.396 e. The highest BCUT2D eigenvalue weighted by Crippen LogP contribution is 2.48. The Morgan fingerprint density at radius 2 is 1.56 bits per heavy atom. The zero-order chi connectivity index (χ0) is 19.1. The number of hydrogen-bond donors (Lipinski definition) is 2. The zero-order valence-electron chi connectivity index (χ0n) is 16.9. The van der Waals surface area contributed by atoms with E-state index < -0.39 is 0 Å². The topological polar surface area (TPSA) is 49.7 Å². The lowest BCUT2D eigenvalue weighted by Crippen LogP contribution is -2.29. The Bertz CT molecular complexity index is 532. The summed E-state index contributed by atoms with van der Waals surface area (Å²) in [6.45, 7) is 2.47. The van der Waals surface area contributed by atoms with Crippen LogP contribution < -0.4 is 0 Å². The molecule has 6 atom stereocenters. The normalized spacial score (nSPS) is 29.1. The molecule has 0 radical (unpaired) electrons. The highest BCUT2D eigenvalue weighted by Gasteiger charge is 2.47. The van der Waals surface area contributed by atoms with Crippen LogP contribution in [0.25, 0.3) is 0 Å². The average molecular weight is 375 g/mol. The van der Waals surface area contributed by atoms with Gasteiger partial charge in [-0.2, -0.15) is 0 Å². The molecule has 152 valence electrons. The first-order chi connectivity index (χ1) is 13.2. The molecule has 3 nitrogen and oxygen atoms in total. The van der Waals surface area contributed by atoms with Crippen molar-refractivity contribution < 1.29 is 14.9 Å². The Morgan fingerprint density at radius 1 is 0.926 bits per heavy atom. The predicted octanol–water partition coefficient (Wildman–Crippen LogP) is 5.06. The number of unbranched alkanes of at least 4 members (excludes halogenated alkanes) is 4. The summed E-state index contributed by atoms with van der Waals surface area (Å²) in [5.74, 6) is 1.52. The van der Waals surface area contributed by atoms with E-state index in [1.807, 2.05) is 6.07 Å². The van der Waals surface area contributed by atoms with E-state index in [2.05, 4.69) is 31.2 Å². The second-order valence-electron chi connectivity index (χ2n) is 8.74. The average Bonchev–Trinajstić information content (AvgIpc) is 3.30. The van der Waals surface area contributed by atoms with Crippen molar-refractivity contribution >= 4 is 0 Å². The third kappa shape index (κ3) is 5.56. The molecule has 0 aromatic heterocycles. The first-order valence-corrected chi connectivity index (χ1v) is 11.2. The van der Waals surface area contributed by atoms with Crippen molar-refractivity contribution in [2.45, 2.75) is 95.4 Å². The molecule has 0 amide bonds. The summed E-state index contributed by atoms with van der Waals surface area (Å²) in [6, 6.07) is 10.4. The van der Waals surface area contributed by atoms with Gasteiger partial charge >= 0.3 is 0 Å². The monoisotopic (exact) mass is 374 g/mol. The SMILES string of the molecule is CC(c1ccccc1)C(O)CC[C@H]1[C@@H](CCCCCCCO)[C@H]2CC[C@@H]1O2. The maximum Gasteiger partial charge on any atom is 0.0611 e. The molecule has 2 aliphatic heterocycles. The predicted molar refractivity (Wildman–Crippen MR) is 110 cm³/mol. The Labute approximate surface area is 165 Å². The molecule has 3 rings (SSSR count). The highest BCUT2D eigenvalue weighted by atomic mass is 16.5. The van der Waals surface area contributed by atoms with Gasteiger partial charge in [0.2, 0.25) is 0 Å². The van der Waals surface area contributed by atoms with Crippen molar-refractivity contribution in [2.75, 3.05) is 6.61 Å². The van der Waals surface area contributed by atoms with Crippen LogP contribution in [0.2, 0.25) is 0 Å². The minimum atomic E-state index is -0.273. The van der Waals surface area contributed by atoms with Crippen molar-refractivity contribution in [2.24, 2.45) is 11.8 Å². The quantitative estimate of drug-likeness (QED) is 0.503. The van der Waals surface area contributed by atoms with Crippen LogP contribution in [0.5, 0.6) is 0 Å². The third-order valence-corrected chi connectivity index (χ3v) is 6.98. The fourth-order valence-corrected chi connectivity index (χ4v) is 5.28. The number of fused-ring (bicyclic) bond motifs is 2. The van der Waals surface area contributed by atoms with Crippen LogP contribution in [0, 0.1) is 11.8 Å². The Balaban J connectivity index is 1.44. The summed E-state index contributed by atoms with van der Waals surface area (Å²) in [5, 5.41) is 19.6. The fraction of sp³-hybridized carbons (Fsp3) is 0.750. The van der Waals surface area contributed by atoms with Crippen LogP contribution in [0.1, 0.15) is 82.6 Å². The molecule has 2 aliphatic rings. The molecular weight excluding hydrogens is 336 g/mol. The van der Waals surface area contributed by atoms with Gasteiger partial charge in [0, 0.05) is 12.5 Å². The molecule has 1 aromatic rings. The van der Waals surface area contributed by atoms with Gasteiger partial charge in [0.1, 0.15) is 0 Å². The van der Waals surface area contributed by atoms with E-state index in [-0.39, 0.29) is 12.0 Å². The van der Waals surface area contributed by atoms with Gasteiger partial charge in [0.25, 0.3) is 0 Å². The minimum Gasteiger partial charge on any atom is -0.396 e. The third-order valence-electron chi connectivity index (χ3n) is 6.98. The van der Waals surface area contributed by atoms with E-state index >= 15 is 0 Å². The smallest absolute Gasteiger partial charge is 0.0611 e. The number of rotatable bonds is 12. The molecule has 27 heavy (non-hydrogen) atoms. The number of hydrogen-bond acceptors (Lipinski definition) is 3. The van der Waals surface area contributed by atoms with E-state index in [1.54, 1.807) is 0 Å². The van der Waals surface area contributed by atoms with Gasteiger partial charge in [0.05, 0.1) is 18.3 Å². The molecule has 2 unspecified atom stereocenters. The molecule has 0 saturated carbocycles. The molecule has 2 fully saturated rings. The van der Waals surface area contributed by atoms with Gasteiger partial charge in [-0.15, -0.1) is 0 Å². The van der Waals surface area contributed by atoms with Crippen molar-refractivity contribution in [3.63, 3.8) is 0 Å². The van der Waals surface area contributed by atoms with Crippen LogP contribution in [0.15, 0.2) is 30.3 Å². The van der Waals surface area contributed by atoms with Crippen LogP contribution in [-0.2, 0) is 4.74 Å². The maximum absolute atomic E-state index is 10.7. The summed E-state index contributed by atoms with van der Waals surface area (Å²) in [7, 11) is 0. The van der Waals surface area contributed by atoms with Crippen molar-refractivity contribution in [3.05, 3.63) is 35.9 Å². The Morgan fingerprint density at radius 3 is 2.26 bits per heavy atom. The van der Waals surface area contributed by atoms with E-state index in [0.717, 1.165) is 25.7 Å². The summed E-state index contributed by atoms with van der Waals surface area (Å²) >= 11 is 0. The number of benzene rings is 1. The standard InChI is InChI=1S/C24H38O3/c1-18(19-10-6-5-7-11-19)22(26)14-13-21-20(23-15-16-24(21)27-23)12-8-3-2-4-9-17-25/h5-7,10-11,18,20-26H,2-4,8-9,12-17H2,1H3/t18?,20-,21+,22?,23-,24+/m1/s1. The first kappa shape index (κ1) is 20.8. The second kappa shape index (κ2) is 10.6. The summed E-state index contributed by atoms with van der Waals surface area (Å²) < 4.78 is 6.26. The molecule has 2 bridgehead atoms. The molecule has 0 spiro atoms. The lowest BCUT2D eigenvalue weighted by atomic mass is 9.74. The molecule has 2 heterocycles. The summed E-state index contributed by atoms with van der Waals surface area (Å²) in [6.07, 6.45) is 12.2. The summed E-state index contributed by atoms with van der Waals surface area (Å²) in [4.78, 5) is 0. The van der Waals surface area contributed by atoms with Crippen molar-refractivity contribution in [3.8, 4) is 0 Å². The van der Waals surface area contributed by atoms with Gasteiger partial charge in [0.15, 0.2) is 0 Å². The zero-order valence-corrected chi connectivity index (χ0v) is 16.9. The summed E-state index contributed by atoms with van der Waals surface area (Å²) in [5.41, 5.74) is 1.23. The van der Waals surface area contributed by atoms with E-state index in [1.165, 1.54) is 44.1 Å². The second-order valence-corrected chi connectivity index (χ2v) is 8.74. The molecule has 1 aromatic carbocycles. The lowest BCUT2D eigenvalue weighted by molar-refractivity contribution is 0.0816. The molecular formula is C24H38O3. The van der Waals surface area contributed by atoms with E-state index in [0.29, 0.717) is 30.7 Å². The van der Waals surface area contributed by atoms with Crippen molar-refractivity contribution in [1.82, 2.24) is 0 Å². The van der Waals surface area contributed by atoms with Gasteiger partial charge in [-0.05, 0) is 55.9 Å². The molecule has 3 heteroatoms. The number of aliphatic hydroxyl groups excluding tert-OH is 2. The Kier molecular flexibility index (Phi) is 8.17. The van der Waals surface area contributed by atoms with Crippen LogP contribution >= 0.6 is 0 Å². The number of ether oxygens (including phenoxy) is 1. The highest BCUT2D eigenvalue weighted by molar-refractivity contribution is 5.19. The van der Waals surface area contributed by atoms with Crippen LogP contribution in [0.3, 0.4) is 0 Å². The minimum absolute atomic E-state index is 0.190. The van der Waals surface area contributed by atoms with Gasteiger partial charge in [-0.1, -0.05) is 62.9 Å². The van der Waals surface area contributed by atoms with Crippen LogP contribution in [-0.4, -0.2) is 35.1 Å². The molecule has 2 saturated heterocycles. The molecule has 0 aliphatic carbocycles. The van der Waals surface area contributed by atoms with Gasteiger partial charge in [-0.3, -0.25) is 0 Å². The van der Waals surface area contributed by atoms with Crippen LogP contribution in [0.4, 0.5) is 0 Å². The molecule has 2 N–H and O–H groups in total. The number of aliphatic hydroxyl groups is 2. The fourth-order valence-electron chi connectivity index (χ4n) is 5.28. The van der Waals surface area contributed by atoms with Gasteiger partial charge < -0.3 is 14.9 Å². The van der Waals surface area contributed by atoms with E-state index in [4.69, 9.17) is 9.84 Å². The van der Waals surface area contributed by atoms with E-state index in [9.17, 15) is 5.11 Å². The first-order valence-electron chi connectivity index (χ1n) is 11.2.